The minimum Gasteiger partial charge on any atom is -0.545 e. The zero-order chi connectivity index (χ0) is 24.9. The van der Waals surface area contributed by atoms with Gasteiger partial charge in [0, 0.05) is 23.1 Å². The first-order valence-electron chi connectivity index (χ1n) is 10.5. The smallest absolute Gasteiger partial charge is 0.545 e. The van der Waals surface area contributed by atoms with Crippen LogP contribution in [0.1, 0.15) is 21.5 Å². The zero-order valence-corrected chi connectivity index (χ0v) is 23.0. The van der Waals surface area contributed by atoms with Crippen molar-refractivity contribution < 1.29 is 58.5 Å². The van der Waals surface area contributed by atoms with Crippen LogP contribution < -0.4 is 48.9 Å². The number of rotatable bonds is 9. The molecule has 178 valence electrons. The Morgan fingerprint density at radius 2 is 1.56 bits per heavy atom. The second-order valence-electron chi connectivity index (χ2n) is 7.54. The van der Waals surface area contributed by atoms with E-state index < -0.39 is 11.8 Å². The Bertz CT molecular complexity index is 1450. The number of fused-ring (bicyclic) bond motifs is 1. The van der Waals surface area contributed by atoms with E-state index in [-0.39, 0.29) is 52.7 Å². The molecule has 0 aliphatic carbocycles. The topological polar surface area (TPSA) is 111 Å². The largest absolute Gasteiger partial charge is 1.00 e. The van der Waals surface area contributed by atoms with Crippen LogP contribution in [0.4, 0.5) is 0 Å². The number of hydrogen-bond acceptors (Lipinski definition) is 9. The number of nitrogens with zero attached hydrogens (tertiary/aromatic N) is 2. The average molecular weight is 513 g/mol. The maximum Gasteiger partial charge on any atom is 1.00 e. The van der Waals surface area contributed by atoms with Gasteiger partial charge in [0.15, 0.2) is 17.3 Å². The molecule has 0 aliphatic rings. The van der Waals surface area contributed by atoms with Gasteiger partial charge in [-0.15, -0.1) is 0 Å². The van der Waals surface area contributed by atoms with E-state index >= 15 is 0 Å². The average Bonchev–Trinajstić information content (AvgIpc) is 3.35. The summed E-state index contributed by atoms with van der Waals surface area (Å²) in [6, 6.07) is 16.6. The molecule has 0 saturated carbocycles. The summed E-state index contributed by atoms with van der Waals surface area (Å²) < 4.78 is 24.2. The number of carbonyl (C=O) groups is 2. The first-order valence-corrected chi connectivity index (χ1v) is 11.2. The van der Waals surface area contributed by atoms with Crippen molar-refractivity contribution in [3.8, 4) is 17.2 Å². The number of methoxy groups -OCH3 is 3. The second-order valence-corrected chi connectivity index (χ2v) is 8.06. The van der Waals surface area contributed by atoms with E-state index in [9.17, 15) is 14.7 Å². The minimum absolute atomic E-state index is 0. The molecule has 0 spiro atoms. The number of aliphatic carboxylic acids is 1. The first-order chi connectivity index (χ1) is 16.9. The van der Waals surface area contributed by atoms with Gasteiger partial charge in [0.2, 0.25) is 0 Å². The fourth-order valence-corrected chi connectivity index (χ4v) is 4.29. The van der Waals surface area contributed by atoms with Crippen LogP contribution in [-0.4, -0.2) is 41.8 Å². The van der Waals surface area contributed by atoms with Crippen LogP contribution in [-0.2, 0) is 11.2 Å². The van der Waals surface area contributed by atoms with E-state index in [1.807, 2.05) is 0 Å². The van der Waals surface area contributed by atoms with Crippen molar-refractivity contribution in [1.82, 2.24) is 8.75 Å². The number of ether oxygens (including phenoxy) is 3. The molecule has 0 radical (unpaired) electrons. The number of hydrogen-bond donors (Lipinski definition) is 0. The molecular formula is C26H21N2NaO6S. The van der Waals surface area contributed by atoms with Crippen LogP contribution in [0.5, 0.6) is 17.2 Å². The molecule has 1 heterocycles. The van der Waals surface area contributed by atoms with Crippen molar-refractivity contribution >= 4 is 40.1 Å². The van der Waals surface area contributed by atoms with E-state index in [1.54, 1.807) is 54.6 Å². The fourth-order valence-electron chi connectivity index (χ4n) is 3.77. The molecular weight excluding hydrogens is 491 g/mol. The summed E-state index contributed by atoms with van der Waals surface area (Å²) in [7, 11) is 4.49. The molecule has 0 atom stereocenters. The predicted octanol–water partition coefficient (Wildman–Crippen LogP) is 0.350. The molecule has 3 aromatic carbocycles. The SMILES string of the molecule is COc1cccc(CC(C(=O)c2ccc(OC)c(OC)c2)=C(C(=O)[O-])c2ccc3nsnc3c2)c1.[Na+]. The molecule has 4 rings (SSSR count). The Kier molecular flexibility index (Phi) is 9.22. The molecule has 8 nitrogen and oxygen atoms in total. The molecule has 0 fully saturated rings. The van der Waals surface area contributed by atoms with Gasteiger partial charge in [-0.1, -0.05) is 18.2 Å². The standard InChI is InChI=1S/C26H22N2O6S.Na/c1-32-18-6-4-5-15(11-18)12-19(25(29)17-8-10-22(33-2)23(14-17)34-3)24(26(30)31)16-7-9-20-21(13-16)28-35-27-20;/h4-11,13-14H,12H2,1-3H3,(H,30,31);/q;+1/p-1. The molecule has 0 amide bonds. The van der Waals surface area contributed by atoms with Crippen molar-refractivity contribution in [2.75, 3.05) is 21.3 Å². The monoisotopic (exact) mass is 512 g/mol. The molecule has 36 heavy (non-hydrogen) atoms. The van der Waals surface area contributed by atoms with E-state index in [2.05, 4.69) is 8.75 Å². The van der Waals surface area contributed by atoms with Crippen LogP contribution >= 0.6 is 11.7 Å². The van der Waals surface area contributed by atoms with E-state index in [0.29, 0.717) is 39.4 Å². The van der Waals surface area contributed by atoms with Crippen LogP contribution in [0.15, 0.2) is 66.2 Å². The number of benzene rings is 3. The number of ketones is 1. The third-order valence-corrected chi connectivity index (χ3v) is 6.04. The quantitative estimate of drug-likeness (QED) is 0.180. The number of allylic oxidation sites excluding steroid dienone is 1. The number of carboxylic acid groups (broad SMARTS) is 1. The van der Waals surface area contributed by atoms with Gasteiger partial charge in [-0.3, -0.25) is 4.79 Å². The first kappa shape index (κ1) is 27.3. The van der Waals surface area contributed by atoms with Crippen LogP contribution in [0, 0.1) is 0 Å². The van der Waals surface area contributed by atoms with E-state index in [0.717, 1.165) is 11.7 Å². The summed E-state index contributed by atoms with van der Waals surface area (Å²) in [6.45, 7) is 0. The van der Waals surface area contributed by atoms with Gasteiger partial charge in [-0.2, -0.15) is 8.75 Å². The maximum atomic E-state index is 13.8. The summed E-state index contributed by atoms with van der Waals surface area (Å²) >= 11 is 1.02. The van der Waals surface area contributed by atoms with Gasteiger partial charge in [-0.25, -0.2) is 0 Å². The van der Waals surface area contributed by atoms with Gasteiger partial charge in [-0.05, 0) is 53.6 Å². The minimum atomic E-state index is -1.47. The van der Waals surface area contributed by atoms with Gasteiger partial charge in [0.25, 0.3) is 0 Å². The maximum absolute atomic E-state index is 13.8. The van der Waals surface area contributed by atoms with Crippen molar-refractivity contribution in [1.29, 1.82) is 0 Å². The van der Waals surface area contributed by atoms with Crippen molar-refractivity contribution in [3.63, 3.8) is 0 Å². The third kappa shape index (κ3) is 5.76. The summed E-state index contributed by atoms with van der Waals surface area (Å²) in [5.74, 6) is -0.567. The zero-order valence-electron chi connectivity index (χ0n) is 20.2. The summed E-state index contributed by atoms with van der Waals surface area (Å²) in [5.41, 5.74) is 2.24. The normalized spacial score (nSPS) is 11.3. The molecule has 0 unspecified atom stereocenters. The van der Waals surface area contributed by atoms with Gasteiger partial charge < -0.3 is 24.1 Å². The predicted molar refractivity (Wildman–Crippen MR) is 130 cm³/mol. The molecule has 0 bridgehead atoms. The molecule has 0 aliphatic heterocycles. The Balaban J connectivity index is 0.00000361. The molecule has 4 aromatic rings. The van der Waals surface area contributed by atoms with Crippen molar-refractivity contribution in [3.05, 3.63) is 82.9 Å². The second kappa shape index (κ2) is 12.1. The Labute approximate surface area is 234 Å². The van der Waals surface area contributed by atoms with Crippen LogP contribution in [0.2, 0.25) is 0 Å². The third-order valence-electron chi connectivity index (χ3n) is 5.48. The fraction of sp³-hybridized carbons (Fsp3) is 0.154. The van der Waals surface area contributed by atoms with Crippen molar-refractivity contribution in [2.24, 2.45) is 0 Å². The molecule has 0 N–H and O–H groups in total. The molecule has 10 heteroatoms. The number of carboxylic acids is 1. The summed E-state index contributed by atoms with van der Waals surface area (Å²) in [5, 5.41) is 12.5. The van der Waals surface area contributed by atoms with E-state index in [1.165, 1.54) is 27.4 Å². The summed E-state index contributed by atoms with van der Waals surface area (Å²) in [6.07, 6.45) is 0.0288. The van der Waals surface area contributed by atoms with Crippen LogP contribution in [0.25, 0.3) is 16.6 Å². The number of Topliss-reactive ketones (excluding diaryl/α,β-unsaturated/α-hetero) is 1. The Morgan fingerprint density at radius 1 is 0.833 bits per heavy atom. The van der Waals surface area contributed by atoms with Gasteiger partial charge in [0.05, 0.1) is 39.0 Å². The summed E-state index contributed by atoms with van der Waals surface area (Å²) in [4.78, 5) is 26.3. The van der Waals surface area contributed by atoms with Gasteiger partial charge in [0.1, 0.15) is 16.8 Å². The van der Waals surface area contributed by atoms with Crippen LogP contribution in [0.3, 0.4) is 0 Å². The number of carbonyl (C=O) groups excluding carboxylic acids is 2. The molecule has 1 aromatic heterocycles. The van der Waals surface area contributed by atoms with Gasteiger partial charge >= 0.3 is 29.6 Å². The van der Waals surface area contributed by atoms with Crippen molar-refractivity contribution in [2.45, 2.75) is 6.42 Å². The number of aromatic nitrogens is 2. The Morgan fingerprint density at radius 3 is 2.25 bits per heavy atom. The Hall–Kier alpha value is -3.24. The van der Waals surface area contributed by atoms with E-state index in [4.69, 9.17) is 14.2 Å². The molecule has 0 saturated heterocycles.